The molecular weight excluding hydrogens is 264 g/mol. The molecule has 0 aromatic heterocycles. The van der Waals surface area contributed by atoms with Gasteiger partial charge in [-0.2, -0.15) is 0 Å². The zero-order chi connectivity index (χ0) is 12.0. The lowest BCUT2D eigenvalue weighted by molar-refractivity contribution is 0.211. The van der Waals surface area contributed by atoms with Crippen molar-refractivity contribution >= 4 is 15.9 Å². The normalized spacial score (nSPS) is 13.1. The van der Waals surface area contributed by atoms with E-state index in [1.165, 1.54) is 12.0 Å². The lowest BCUT2D eigenvalue weighted by Gasteiger charge is -2.15. The first-order valence-electron chi connectivity index (χ1n) is 5.97. The van der Waals surface area contributed by atoms with Crippen molar-refractivity contribution in [2.24, 2.45) is 11.8 Å². The van der Waals surface area contributed by atoms with Crippen LogP contribution < -0.4 is 0 Å². The van der Waals surface area contributed by atoms with Crippen molar-refractivity contribution < 1.29 is 5.11 Å². The van der Waals surface area contributed by atoms with Gasteiger partial charge in [-0.05, 0) is 42.4 Å². The number of benzene rings is 1. The molecule has 0 radical (unpaired) electrons. The first-order chi connectivity index (χ1) is 7.61. The number of hydrogen-bond donors (Lipinski definition) is 1. The van der Waals surface area contributed by atoms with Gasteiger partial charge in [0.2, 0.25) is 0 Å². The minimum absolute atomic E-state index is 0.291. The van der Waals surface area contributed by atoms with Crippen LogP contribution in [-0.2, 0) is 6.42 Å². The van der Waals surface area contributed by atoms with Crippen LogP contribution in [0.1, 0.15) is 32.3 Å². The smallest absolute Gasteiger partial charge is 0.0462 e. The standard InChI is InChI=1S/C14H21BrO/c1-11(2)6-7-13(10-16)8-12-4-3-5-14(15)9-12/h3-5,9,11,13,16H,6-8,10H2,1-2H3. The number of aliphatic hydroxyl groups excluding tert-OH is 1. The monoisotopic (exact) mass is 284 g/mol. The van der Waals surface area contributed by atoms with Gasteiger partial charge in [-0.1, -0.05) is 48.3 Å². The van der Waals surface area contributed by atoms with E-state index in [2.05, 4.69) is 48.0 Å². The summed E-state index contributed by atoms with van der Waals surface area (Å²) in [5.41, 5.74) is 1.30. The summed E-state index contributed by atoms with van der Waals surface area (Å²) >= 11 is 3.47. The van der Waals surface area contributed by atoms with Crippen LogP contribution in [0, 0.1) is 11.8 Å². The average Bonchev–Trinajstić information content (AvgIpc) is 2.24. The zero-order valence-electron chi connectivity index (χ0n) is 10.1. The first-order valence-corrected chi connectivity index (χ1v) is 6.76. The van der Waals surface area contributed by atoms with Gasteiger partial charge in [-0.25, -0.2) is 0 Å². The second-order valence-corrected chi connectivity index (χ2v) is 5.77. The van der Waals surface area contributed by atoms with Gasteiger partial charge >= 0.3 is 0 Å². The Balaban J connectivity index is 2.49. The summed E-state index contributed by atoms with van der Waals surface area (Å²) in [6.45, 7) is 4.75. The lowest BCUT2D eigenvalue weighted by atomic mass is 9.92. The van der Waals surface area contributed by atoms with Gasteiger partial charge in [0, 0.05) is 11.1 Å². The van der Waals surface area contributed by atoms with E-state index in [0.29, 0.717) is 12.5 Å². The number of rotatable bonds is 6. The molecule has 0 fully saturated rings. The highest BCUT2D eigenvalue weighted by molar-refractivity contribution is 9.10. The summed E-state index contributed by atoms with van der Waals surface area (Å²) in [7, 11) is 0. The topological polar surface area (TPSA) is 20.2 Å². The van der Waals surface area contributed by atoms with Crippen LogP contribution in [-0.4, -0.2) is 11.7 Å². The number of hydrogen-bond acceptors (Lipinski definition) is 1. The molecule has 0 amide bonds. The molecule has 0 bridgehead atoms. The van der Waals surface area contributed by atoms with Gasteiger partial charge in [0.1, 0.15) is 0 Å². The second-order valence-electron chi connectivity index (χ2n) is 4.85. The Morgan fingerprint density at radius 3 is 2.56 bits per heavy atom. The average molecular weight is 285 g/mol. The van der Waals surface area contributed by atoms with Gasteiger partial charge in [-0.15, -0.1) is 0 Å². The second kappa shape index (κ2) is 7.08. The minimum Gasteiger partial charge on any atom is -0.396 e. The third kappa shape index (κ3) is 5.13. The van der Waals surface area contributed by atoms with Crippen LogP contribution >= 0.6 is 15.9 Å². The van der Waals surface area contributed by atoms with Crippen molar-refractivity contribution in [1.82, 2.24) is 0 Å². The predicted molar refractivity (Wildman–Crippen MR) is 72.5 cm³/mol. The maximum atomic E-state index is 9.36. The van der Waals surface area contributed by atoms with Gasteiger partial charge < -0.3 is 5.11 Å². The maximum Gasteiger partial charge on any atom is 0.0462 e. The summed E-state index contributed by atoms with van der Waals surface area (Å²) in [6.07, 6.45) is 3.28. The summed E-state index contributed by atoms with van der Waals surface area (Å²) in [5, 5.41) is 9.36. The van der Waals surface area contributed by atoms with Crippen LogP contribution in [0.15, 0.2) is 28.7 Å². The zero-order valence-corrected chi connectivity index (χ0v) is 11.7. The molecule has 0 heterocycles. The summed E-state index contributed by atoms with van der Waals surface area (Å²) in [4.78, 5) is 0. The molecule has 0 aliphatic carbocycles. The predicted octanol–water partition coefficient (Wildman–Crippen LogP) is 4.04. The number of halogens is 1. The molecule has 0 aliphatic heterocycles. The van der Waals surface area contributed by atoms with E-state index >= 15 is 0 Å². The molecule has 0 spiro atoms. The minimum atomic E-state index is 0.291. The van der Waals surface area contributed by atoms with Gasteiger partial charge in [0.25, 0.3) is 0 Å². The van der Waals surface area contributed by atoms with E-state index < -0.39 is 0 Å². The maximum absolute atomic E-state index is 9.36. The Bertz CT molecular complexity index is 309. The molecule has 0 aliphatic rings. The van der Waals surface area contributed by atoms with Gasteiger partial charge in [-0.3, -0.25) is 0 Å². The van der Waals surface area contributed by atoms with Crippen LogP contribution in [0.3, 0.4) is 0 Å². The largest absolute Gasteiger partial charge is 0.396 e. The first kappa shape index (κ1) is 13.7. The van der Waals surface area contributed by atoms with E-state index in [9.17, 15) is 5.11 Å². The molecule has 90 valence electrons. The number of aliphatic hydroxyl groups is 1. The molecule has 1 unspecified atom stereocenters. The summed E-state index contributed by atoms with van der Waals surface area (Å²) in [5.74, 6) is 1.12. The highest BCUT2D eigenvalue weighted by Gasteiger charge is 2.09. The van der Waals surface area contributed by atoms with Crippen LogP contribution in [0.4, 0.5) is 0 Å². The quantitative estimate of drug-likeness (QED) is 0.836. The van der Waals surface area contributed by atoms with Crippen molar-refractivity contribution in [2.45, 2.75) is 33.1 Å². The third-order valence-corrected chi connectivity index (χ3v) is 3.32. The van der Waals surface area contributed by atoms with Crippen LogP contribution in [0.2, 0.25) is 0 Å². The van der Waals surface area contributed by atoms with Crippen LogP contribution in [0.25, 0.3) is 0 Å². The molecule has 2 heteroatoms. The summed E-state index contributed by atoms with van der Waals surface area (Å²) < 4.78 is 1.12. The van der Waals surface area contributed by atoms with E-state index in [1.807, 2.05) is 6.07 Å². The van der Waals surface area contributed by atoms with Crippen molar-refractivity contribution in [3.05, 3.63) is 34.3 Å². The van der Waals surface area contributed by atoms with E-state index in [-0.39, 0.29) is 0 Å². The molecule has 1 atom stereocenters. The Morgan fingerprint density at radius 2 is 2.00 bits per heavy atom. The summed E-state index contributed by atoms with van der Waals surface area (Å²) in [6, 6.07) is 8.35. The molecule has 1 aromatic carbocycles. The molecule has 1 aromatic rings. The highest BCUT2D eigenvalue weighted by Crippen LogP contribution is 2.19. The van der Waals surface area contributed by atoms with Crippen molar-refractivity contribution in [3.63, 3.8) is 0 Å². The molecule has 1 rings (SSSR count). The SMILES string of the molecule is CC(C)CCC(CO)Cc1cccc(Br)c1. The fourth-order valence-electron chi connectivity index (χ4n) is 1.82. The van der Waals surface area contributed by atoms with Crippen molar-refractivity contribution in [3.8, 4) is 0 Å². The Morgan fingerprint density at radius 1 is 1.25 bits per heavy atom. The fraction of sp³-hybridized carbons (Fsp3) is 0.571. The van der Waals surface area contributed by atoms with Crippen molar-refractivity contribution in [1.29, 1.82) is 0 Å². The Labute approximate surface area is 107 Å². The molecule has 0 saturated heterocycles. The van der Waals surface area contributed by atoms with Crippen LogP contribution in [0.5, 0.6) is 0 Å². The Kier molecular flexibility index (Phi) is 6.07. The van der Waals surface area contributed by atoms with E-state index in [0.717, 1.165) is 23.2 Å². The molecule has 1 nitrogen and oxygen atoms in total. The Hall–Kier alpha value is -0.340. The lowest BCUT2D eigenvalue weighted by Crippen LogP contribution is -2.10. The fourth-order valence-corrected chi connectivity index (χ4v) is 2.27. The molecule has 1 N–H and O–H groups in total. The third-order valence-electron chi connectivity index (χ3n) is 2.82. The molecule has 0 saturated carbocycles. The van der Waals surface area contributed by atoms with E-state index in [1.54, 1.807) is 0 Å². The highest BCUT2D eigenvalue weighted by atomic mass is 79.9. The van der Waals surface area contributed by atoms with Gasteiger partial charge in [0.15, 0.2) is 0 Å². The molecular formula is C14H21BrO. The molecule has 16 heavy (non-hydrogen) atoms. The van der Waals surface area contributed by atoms with Gasteiger partial charge in [0.05, 0.1) is 0 Å². The van der Waals surface area contributed by atoms with Crippen molar-refractivity contribution in [2.75, 3.05) is 6.61 Å². The van der Waals surface area contributed by atoms with E-state index in [4.69, 9.17) is 0 Å².